The van der Waals surface area contributed by atoms with Crippen molar-refractivity contribution < 1.29 is 66.5 Å². The number of fused-ring (bicyclic) bond motifs is 8. The minimum absolute atomic E-state index is 0.145. The number of esters is 2. The summed E-state index contributed by atoms with van der Waals surface area (Å²) >= 11 is 0. The van der Waals surface area contributed by atoms with E-state index < -0.39 is 11.9 Å². The third kappa shape index (κ3) is 14.1. The van der Waals surface area contributed by atoms with Crippen LogP contribution in [0.3, 0.4) is 0 Å². The standard InChI is InChI=1S/C52H64O14/c1-7-57-13-17-63-47-37-21-35(33-53)22-38(47)26-42-30-46(52(56)62-12-6)32-44(50(42)66-20-16-60-10-4)28-40-24-36(34-54)23-39(48(40)64-18-14-58-8-2)27-43-31-45(51(55)61-11-5)29-41(25-37)49(43)65-19-15-59-9-3/h21-24,29-34H,7-20,25-28H2,1-6H3. The Morgan fingerprint density at radius 2 is 0.621 bits per heavy atom. The predicted octanol–water partition coefficient (Wildman–Crippen LogP) is 8.00. The maximum atomic E-state index is 13.7. The molecule has 0 spiro atoms. The molecule has 0 amide bonds. The highest BCUT2D eigenvalue weighted by molar-refractivity contribution is 5.91. The molecular weight excluding hydrogens is 849 g/mol. The molecule has 0 unspecified atom stereocenters. The number of hydrogen-bond donors (Lipinski definition) is 0. The van der Waals surface area contributed by atoms with Crippen LogP contribution < -0.4 is 18.9 Å². The average Bonchev–Trinajstić information content (AvgIpc) is 3.31. The van der Waals surface area contributed by atoms with Crippen molar-refractivity contribution in [3.05, 3.63) is 115 Å². The molecule has 8 bridgehead atoms. The Morgan fingerprint density at radius 1 is 0.379 bits per heavy atom. The third-order valence-electron chi connectivity index (χ3n) is 10.5. The number of hydrogen-bond acceptors (Lipinski definition) is 14. The van der Waals surface area contributed by atoms with Crippen molar-refractivity contribution in [2.45, 2.75) is 67.2 Å². The lowest BCUT2D eigenvalue weighted by Gasteiger charge is -2.24. The van der Waals surface area contributed by atoms with Crippen LogP contribution in [0, 0.1) is 0 Å². The first kappa shape index (κ1) is 51.2. The van der Waals surface area contributed by atoms with Gasteiger partial charge in [-0.1, -0.05) is 0 Å². The molecule has 1 aliphatic rings. The zero-order valence-electron chi connectivity index (χ0n) is 39.2. The molecule has 1 aliphatic carbocycles. The van der Waals surface area contributed by atoms with Gasteiger partial charge in [0.2, 0.25) is 0 Å². The van der Waals surface area contributed by atoms with Crippen LogP contribution in [-0.2, 0) is 54.1 Å². The summed E-state index contributed by atoms with van der Waals surface area (Å²) in [6, 6.07) is 14.0. The molecule has 4 aromatic rings. The van der Waals surface area contributed by atoms with E-state index in [1.807, 2.05) is 27.7 Å². The van der Waals surface area contributed by atoms with E-state index in [9.17, 15) is 19.2 Å². The first-order valence-corrected chi connectivity index (χ1v) is 22.9. The second-order valence-corrected chi connectivity index (χ2v) is 15.1. The topological polar surface area (TPSA) is 161 Å². The zero-order valence-corrected chi connectivity index (χ0v) is 39.2. The highest BCUT2D eigenvalue weighted by atomic mass is 16.5. The van der Waals surface area contributed by atoms with Crippen LogP contribution in [0.4, 0.5) is 0 Å². The van der Waals surface area contributed by atoms with Gasteiger partial charge < -0.3 is 47.4 Å². The number of aldehydes is 2. The number of benzene rings is 4. The molecule has 66 heavy (non-hydrogen) atoms. The van der Waals surface area contributed by atoms with Crippen LogP contribution in [0.5, 0.6) is 23.0 Å². The summed E-state index contributed by atoms with van der Waals surface area (Å²) in [6.45, 7) is 15.3. The first-order chi connectivity index (χ1) is 32.2. The van der Waals surface area contributed by atoms with Crippen molar-refractivity contribution in [1.29, 1.82) is 0 Å². The molecule has 0 radical (unpaired) electrons. The monoisotopic (exact) mass is 912 g/mol. The fraction of sp³-hybridized carbons (Fsp3) is 0.462. The van der Waals surface area contributed by atoms with E-state index in [0.717, 1.165) is 12.6 Å². The van der Waals surface area contributed by atoms with E-state index in [0.29, 0.717) is 131 Å². The van der Waals surface area contributed by atoms with Crippen LogP contribution in [0.1, 0.15) is 127 Å². The van der Waals surface area contributed by atoms with Gasteiger partial charge in [-0.3, -0.25) is 9.59 Å². The van der Waals surface area contributed by atoms with E-state index in [4.69, 9.17) is 47.4 Å². The normalized spacial score (nSPS) is 12.0. The smallest absolute Gasteiger partial charge is 0.338 e. The molecule has 14 heteroatoms. The second kappa shape index (κ2) is 27.0. The van der Waals surface area contributed by atoms with Gasteiger partial charge in [0.1, 0.15) is 62.0 Å². The highest BCUT2D eigenvalue weighted by Crippen LogP contribution is 2.41. The van der Waals surface area contributed by atoms with E-state index in [1.54, 1.807) is 62.4 Å². The lowest BCUT2D eigenvalue weighted by molar-refractivity contribution is 0.0516. The third-order valence-corrected chi connectivity index (χ3v) is 10.5. The van der Waals surface area contributed by atoms with Crippen molar-refractivity contribution in [1.82, 2.24) is 0 Å². The molecule has 14 nitrogen and oxygen atoms in total. The molecule has 0 aliphatic heterocycles. The first-order valence-electron chi connectivity index (χ1n) is 22.9. The number of carbonyl (C=O) groups excluding carboxylic acids is 4. The van der Waals surface area contributed by atoms with Crippen molar-refractivity contribution in [2.24, 2.45) is 0 Å². The van der Waals surface area contributed by atoms with E-state index in [2.05, 4.69) is 0 Å². The summed E-state index contributed by atoms with van der Waals surface area (Å²) in [5, 5.41) is 0. The summed E-state index contributed by atoms with van der Waals surface area (Å²) in [6.07, 6.45) is 2.13. The van der Waals surface area contributed by atoms with Crippen LogP contribution >= 0.6 is 0 Å². The molecule has 0 N–H and O–H groups in total. The second-order valence-electron chi connectivity index (χ2n) is 15.1. The van der Waals surface area contributed by atoms with Crippen molar-refractivity contribution in [2.75, 3.05) is 92.5 Å². The van der Waals surface area contributed by atoms with E-state index >= 15 is 0 Å². The SMILES string of the molecule is CCOCCOc1c2cc(C=O)cc1Cc1cc(C(=O)OCC)cc(c1OCCOCC)Cc1cc(C=O)cc(c1OCCOCC)Cc1cc(C(=O)OCC)cc(c1OCCOCC)C2. The molecule has 0 heterocycles. The van der Waals surface area contributed by atoms with Gasteiger partial charge in [0.15, 0.2) is 0 Å². The van der Waals surface area contributed by atoms with E-state index in [-0.39, 0.29) is 76.5 Å². The Hall–Kier alpha value is -5.80. The lowest BCUT2D eigenvalue weighted by Crippen LogP contribution is -2.16. The van der Waals surface area contributed by atoms with Crippen LogP contribution in [0.2, 0.25) is 0 Å². The Bertz CT molecular complexity index is 2000. The Balaban J connectivity index is 1.92. The fourth-order valence-corrected chi connectivity index (χ4v) is 7.87. The summed E-state index contributed by atoms with van der Waals surface area (Å²) in [7, 11) is 0. The molecule has 4 aromatic carbocycles. The lowest BCUT2D eigenvalue weighted by atomic mass is 9.88. The van der Waals surface area contributed by atoms with Gasteiger partial charge in [-0.2, -0.15) is 0 Å². The number of ether oxygens (including phenoxy) is 10. The van der Waals surface area contributed by atoms with Crippen molar-refractivity contribution >= 4 is 24.5 Å². The van der Waals surface area contributed by atoms with Crippen molar-refractivity contribution in [3.8, 4) is 23.0 Å². The highest BCUT2D eigenvalue weighted by Gasteiger charge is 2.26. The number of rotatable bonds is 26. The van der Waals surface area contributed by atoms with Crippen LogP contribution in [0.25, 0.3) is 0 Å². The molecule has 0 fully saturated rings. The van der Waals surface area contributed by atoms with Crippen molar-refractivity contribution in [3.63, 3.8) is 0 Å². The minimum atomic E-state index is -0.533. The van der Waals surface area contributed by atoms with Crippen LogP contribution in [0.15, 0.2) is 48.5 Å². The molecule has 0 aromatic heterocycles. The average molecular weight is 913 g/mol. The van der Waals surface area contributed by atoms with E-state index in [1.165, 1.54) is 0 Å². The molecule has 5 rings (SSSR count). The summed E-state index contributed by atoms with van der Waals surface area (Å²) < 4.78 is 60.4. The quantitative estimate of drug-likeness (QED) is 0.0298. The minimum Gasteiger partial charge on any atom is -0.491 e. The fourth-order valence-electron chi connectivity index (χ4n) is 7.87. The summed E-state index contributed by atoms with van der Waals surface area (Å²) in [5.74, 6) is 0.888. The largest absolute Gasteiger partial charge is 0.491 e. The maximum absolute atomic E-state index is 13.7. The Labute approximate surface area is 388 Å². The van der Waals surface area contributed by atoms with Gasteiger partial charge in [-0.05, 0) is 135 Å². The molecule has 0 saturated heterocycles. The molecular formula is C52H64O14. The van der Waals surface area contributed by atoms with Gasteiger partial charge in [0.05, 0.1) is 50.8 Å². The molecule has 356 valence electrons. The van der Waals surface area contributed by atoms with Gasteiger partial charge >= 0.3 is 11.9 Å². The molecule has 0 saturated carbocycles. The Morgan fingerprint density at radius 3 is 0.833 bits per heavy atom. The summed E-state index contributed by atoms with van der Waals surface area (Å²) in [5.41, 5.74) is 6.29. The van der Waals surface area contributed by atoms with Crippen LogP contribution in [-0.4, -0.2) is 117 Å². The maximum Gasteiger partial charge on any atom is 0.338 e. The zero-order chi connectivity index (χ0) is 47.3. The predicted molar refractivity (Wildman–Crippen MR) is 248 cm³/mol. The molecule has 0 atom stereocenters. The van der Waals surface area contributed by atoms with Gasteiger partial charge in [0, 0.05) is 63.2 Å². The number of carbonyl (C=O) groups is 4. The summed E-state index contributed by atoms with van der Waals surface area (Å²) in [4.78, 5) is 53.1. The van der Waals surface area contributed by atoms with Gasteiger partial charge in [0.25, 0.3) is 0 Å². The Kier molecular flexibility index (Phi) is 20.9. The van der Waals surface area contributed by atoms with Gasteiger partial charge in [-0.15, -0.1) is 0 Å². The van der Waals surface area contributed by atoms with Gasteiger partial charge in [-0.25, -0.2) is 9.59 Å².